The number of benzene rings is 1. The molecule has 5 heteroatoms. The van der Waals surface area contributed by atoms with Gasteiger partial charge >= 0.3 is 11.9 Å². The highest BCUT2D eigenvalue weighted by Crippen LogP contribution is 2.32. The molecule has 3 aromatic rings. The minimum absolute atomic E-state index is 0.291. The van der Waals surface area contributed by atoms with Crippen LogP contribution in [0.25, 0.3) is 5.52 Å². The quantitative estimate of drug-likeness (QED) is 0.598. The maximum Gasteiger partial charge on any atom is 0.340 e. The van der Waals surface area contributed by atoms with Crippen molar-refractivity contribution in [3.8, 4) is 0 Å². The third-order valence-corrected chi connectivity index (χ3v) is 4.41. The molecule has 0 aliphatic rings. The number of hydrogen-bond donors (Lipinski definition) is 0. The molecule has 0 spiro atoms. The van der Waals surface area contributed by atoms with Crippen molar-refractivity contribution >= 4 is 17.5 Å². The van der Waals surface area contributed by atoms with Crippen LogP contribution in [-0.2, 0) is 14.3 Å². The van der Waals surface area contributed by atoms with Crippen LogP contribution in [0.2, 0.25) is 0 Å². The largest absolute Gasteiger partial charge is 0.462 e. The van der Waals surface area contributed by atoms with Crippen LogP contribution in [0.4, 0.5) is 0 Å². The van der Waals surface area contributed by atoms with E-state index in [0.717, 1.165) is 5.56 Å². The highest BCUT2D eigenvalue weighted by molar-refractivity contribution is 5.97. The lowest BCUT2D eigenvalue weighted by Crippen LogP contribution is -2.26. The Balaban J connectivity index is 2.16. The van der Waals surface area contributed by atoms with E-state index in [0.29, 0.717) is 23.4 Å². The number of carbonyl (C=O) groups excluding carboxylic acids is 2. The van der Waals surface area contributed by atoms with Gasteiger partial charge in [0.2, 0.25) is 0 Å². The number of pyridine rings is 1. The second kappa shape index (κ2) is 7.89. The standard InChI is InChI=1S/C23H25NO4/c1-5-27-21(25)17-15-19(24-14-10-9-13-18(17)24)20(16-11-7-6-8-12-16)28-22(26)23(2,3)4/h6-15,20H,5H2,1-4H3. The first-order valence-electron chi connectivity index (χ1n) is 9.36. The van der Waals surface area contributed by atoms with Crippen molar-refractivity contribution in [1.82, 2.24) is 4.40 Å². The molecule has 1 unspecified atom stereocenters. The summed E-state index contributed by atoms with van der Waals surface area (Å²) in [6.45, 7) is 7.52. The highest BCUT2D eigenvalue weighted by Gasteiger charge is 2.30. The molecule has 28 heavy (non-hydrogen) atoms. The highest BCUT2D eigenvalue weighted by atomic mass is 16.5. The van der Waals surface area contributed by atoms with Gasteiger partial charge in [-0.25, -0.2) is 4.79 Å². The summed E-state index contributed by atoms with van der Waals surface area (Å²) in [7, 11) is 0. The number of aromatic nitrogens is 1. The summed E-state index contributed by atoms with van der Waals surface area (Å²) in [5.74, 6) is -0.712. The van der Waals surface area contributed by atoms with Gasteiger partial charge < -0.3 is 13.9 Å². The van der Waals surface area contributed by atoms with Gasteiger partial charge in [-0.15, -0.1) is 0 Å². The van der Waals surface area contributed by atoms with Crippen LogP contribution in [-0.4, -0.2) is 22.9 Å². The summed E-state index contributed by atoms with van der Waals surface area (Å²) in [4.78, 5) is 25.1. The molecule has 2 aromatic heterocycles. The Bertz CT molecular complexity index is 983. The Morgan fingerprint density at radius 2 is 1.71 bits per heavy atom. The zero-order chi connectivity index (χ0) is 20.3. The van der Waals surface area contributed by atoms with Crippen molar-refractivity contribution in [1.29, 1.82) is 0 Å². The molecule has 0 bridgehead atoms. The van der Waals surface area contributed by atoms with Gasteiger partial charge in [-0.3, -0.25) is 4.79 Å². The third-order valence-electron chi connectivity index (χ3n) is 4.41. The van der Waals surface area contributed by atoms with E-state index >= 15 is 0 Å². The molecule has 0 fully saturated rings. The lowest BCUT2D eigenvalue weighted by atomic mass is 9.97. The Labute approximate surface area is 164 Å². The molecule has 0 saturated heterocycles. The molecule has 0 N–H and O–H groups in total. The Kier molecular flexibility index (Phi) is 5.54. The van der Waals surface area contributed by atoms with E-state index in [9.17, 15) is 9.59 Å². The van der Waals surface area contributed by atoms with E-state index in [1.165, 1.54) is 0 Å². The van der Waals surface area contributed by atoms with Crippen LogP contribution in [0.15, 0.2) is 60.8 Å². The molecule has 1 aromatic carbocycles. The van der Waals surface area contributed by atoms with Crippen LogP contribution < -0.4 is 0 Å². The molecule has 3 rings (SSSR count). The van der Waals surface area contributed by atoms with E-state index in [1.807, 2.05) is 79.9 Å². The molecule has 0 aliphatic heterocycles. The van der Waals surface area contributed by atoms with Crippen molar-refractivity contribution in [2.24, 2.45) is 5.41 Å². The fraction of sp³-hybridized carbons (Fsp3) is 0.304. The average Bonchev–Trinajstić information content (AvgIpc) is 3.05. The molecule has 0 radical (unpaired) electrons. The number of rotatable bonds is 5. The summed E-state index contributed by atoms with van der Waals surface area (Å²) < 4.78 is 13.0. The SMILES string of the molecule is CCOC(=O)c1cc(C(OC(=O)C(C)(C)C)c2ccccc2)n2ccccc12. The van der Waals surface area contributed by atoms with Gasteiger partial charge in [0.1, 0.15) is 0 Å². The summed E-state index contributed by atoms with van der Waals surface area (Å²) in [5.41, 5.74) is 2.04. The van der Waals surface area contributed by atoms with E-state index in [-0.39, 0.29) is 5.97 Å². The maximum atomic E-state index is 12.7. The third kappa shape index (κ3) is 3.93. The molecule has 0 saturated carbocycles. The van der Waals surface area contributed by atoms with Crippen molar-refractivity contribution in [2.45, 2.75) is 33.8 Å². The fourth-order valence-electron chi connectivity index (χ4n) is 2.96. The summed E-state index contributed by atoms with van der Waals surface area (Å²) in [6.07, 6.45) is 1.21. The van der Waals surface area contributed by atoms with Gasteiger partial charge in [-0.2, -0.15) is 0 Å². The number of nitrogens with zero attached hydrogens (tertiary/aromatic N) is 1. The molecule has 5 nitrogen and oxygen atoms in total. The van der Waals surface area contributed by atoms with E-state index in [1.54, 1.807) is 13.0 Å². The number of fused-ring (bicyclic) bond motifs is 1. The maximum absolute atomic E-state index is 12.7. The first-order valence-corrected chi connectivity index (χ1v) is 9.36. The van der Waals surface area contributed by atoms with Gasteiger partial charge in [0.15, 0.2) is 6.10 Å². The van der Waals surface area contributed by atoms with Crippen LogP contribution >= 0.6 is 0 Å². The lowest BCUT2D eigenvalue weighted by molar-refractivity contribution is -0.157. The number of carbonyl (C=O) groups is 2. The van der Waals surface area contributed by atoms with Crippen molar-refractivity contribution in [2.75, 3.05) is 6.61 Å². The van der Waals surface area contributed by atoms with E-state index < -0.39 is 17.5 Å². The number of ether oxygens (including phenoxy) is 2. The smallest absolute Gasteiger partial charge is 0.340 e. The van der Waals surface area contributed by atoms with Gasteiger partial charge in [-0.1, -0.05) is 36.4 Å². The fourth-order valence-corrected chi connectivity index (χ4v) is 2.96. The van der Waals surface area contributed by atoms with Gasteiger partial charge in [0, 0.05) is 6.20 Å². The predicted octanol–water partition coefficient (Wildman–Crippen LogP) is 4.79. The van der Waals surface area contributed by atoms with Crippen LogP contribution in [0.1, 0.15) is 55.4 Å². The van der Waals surface area contributed by atoms with Crippen molar-refractivity contribution in [3.63, 3.8) is 0 Å². The van der Waals surface area contributed by atoms with Crippen LogP contribution in [0.5, 0.6) is 0 Å². The van der Waals surface area contributed by atoms with Crippen LogP contribution in [0, 0.1) is 5.41 Å². The zero-order valence-electron chi connectivity index (χ0n) is 16.6. The van der Waals surface area contributed by atoms with E-state index in [2.05, 4.69) is 0 Å². The summed E-state index contributed by atoms with van der Waals surface area (Å²) in [6, 6.07) is 16.9. The molecule has 0 amide bonds. The average molecular weight is 379 g/mol. The summed E-state index contributed by atoms with van der Waals surface area (Å²) >= 11 is 0. The topological polar surface area (TPSA) is 57.0 Å². The monoisotopic (exact) mass is 379 g/mol. The zero-order valence-corrected chi connectivity index (χ0v) is 16.6. The van der Waals surface area contributed by atoms with Crippen LogP contribution in [0.3, 0.4) is 0 Å². The molecule has 0 aliphatic carbocycles. The Hall–Kier alpha value is -3.08. The second-order valence-corrected chi connectivity index (χ2v) is 7.61. The lowest BCUT2D eigenvalue weighted by Gasteiger charge is -2.24. The number of esters is 2. The van der Waals surface area contributed by atoms with Gasteiger partial charge in [-0.05, 0) is 51.5 Å². The predicted molar refractivity (Wildman–Crippen MR) is 107 cm³/mol. The normalized spacial score (nSPS) is 12.6. The minimum atomic E-state index is -0.649. The van der Waals surface area contributed by atoms with Crippen molar-refractivity contribution < 1.29 is 19.1 Å². The molecule has 146 valence electrons. The molecule has 1 atom stereocenters. The first kappa shape index (κ1) is 19.7. The van der Waals surface area contributed by atoms with Gasteiger partial charge in [0.05, 0.1) is 28.8 Å². The van der Waals surface area contributed by atoms with E-state index in [4.69, 9.17) is 9.47 Å². The Morgan fingerprint density at radius 1 is 1.04 bits per heavy atom. The summed E-state index contributed by atoms with van der Waals surface area (Å²) in [5, 5.41) is 0. The first-order chi connectivity index (χ1) is 13.3. The molecular formula is C23H25NO4. The van der Waals surface area contributed by atoms with Crippen molar-refractivity contribution in [3.05, 3.63) is 77.6 Å². The molecule has 2 heterocycles. The second-order valence-electron chi connectivity index (χ2n) is 7.61. The Morgan fingerprint density at radius 3 is 2.36 bits per heavy atom. The number of hydrogen-bond acceptors (Lipinski definition) is 4. The molecular weight excluding hydrogens is 354 g/mol. The van der Waals surface area contributed by atoms with Gasteiger partial charge in [0.25, 0.3) is 0 Å². The minimum Gasteiger partial charge on any atom is -0.462 e.